The summed E-state index contributed by atoms with van der Waals surface area (Å²) >= 11 is 0. The van der Waals surface area contributed by atoms with Crippen LogP contribution in [-0.4, -0.2) is 35.1 Å². The molecule has 60 valence electrons. The lowest BCUT2D eigenvalue weighted by molar-refractivity contribution is -0.120. The van der Waals surface area contributed by atoms with Crippen LogP contribution < -0.4 is 0 Å². The van der Waals surface area contributed by atoms with E-state index >= 15 is 0 Å². The highest BCUT2D eigenvalue weighted by Gasteiger charge is 2.15. The van der Waals surface area contributed by atoms with Gasteiger partial charge in [0, 0.05) is 13.1 Å². The first-order chi connectivity index (χ1) is 4.49. The maximum atomic E-state index is 10.2. The molecule has 0 aliphatic carbocycles. The minimum Gasteiger partial charge on any atom is -0.389 e. The first-order valence-corrected chi connectivity index (χ1v) is 3.41. The smallest absolute Gasteiger partial charge is 0.209 e. The van der Waals surface area contributed by atoms with E-state index in [1.54, 1.807) is 13.8 Å². The molecule has 0 bridgehead atoms. The van der Waals surface area contributed by atoms with Crippen LogP contribution in [0.5, 0.6) is 0 Å². The summed E-state index contributed by atoms with van der Waals surface area (Å²) in [4.78, 5) is 11.8. The number of nitrogens with zero attached hydrogens (tertiary/aromatic N) is 1. The molecule has 0 aliphatic heterocycles. The molecule has 0 aromatic heterocycles. The van der Waals surface area contributed by atoms with E-state index < -0.39 is 5.60 Å². The highest BCUT2D eigenvalue weighted by atomic mass is 16.3. The molecule has 1 amide bonds. The number of carbonyl (C=O) groups is 1. The summed E-state index contributed by atoms with van der Waals surface area (Å²) in [6, 6.07) is 0. The van der Waals surface area contributed by atoms with E-state index in [1.807, 2.05) is 6.92 Å². The zero-order valence-electron chi connectivity index (χ0n) is 6.79. The van der Waals surface area contributed by atoms with Crippen molar-refractivity contribution in [2.24, 2.45) is 0 Å². The fourth-order valence-electron chi connectivity index (χ4n) is 0.721. The Labute approximate surface area is 61.6 Å². The van der Waals surface area contributed by atoms with Crippen LogP contribution in [0.3, 0.4) is 0 Å². The van der Waals surface area contributed by atoms with Gasteiger partial charge in [-0.3, -0.25) is 4.79 Å². The summed E-state index contributed by atoms with van der Waals surface area (Å²) in [7, 11) is 0. The second-order valence-electron chi connectivity index (χ2n) is 2.98. The molecule has 0 unspecified atom stereocenters. The Morgan fingerprint density at radius 3 is 2.20 bits per heavy atom. The van der Waals surface area contributed by atoms with E-state index in [-0.39, 0.29) is 0 Å². The number of hydrogen-bond donors (Lipinski definition) is 1. The van der Waals surface area contributed by atoms with Gasteiger partial charge < -0.3 is 10.0 Å². The fraction of sp³-hybridized carbons (Fsp3) is 0.857. The average Bonchev–Trinajstić information content (AvgIpc) is 1.81. The van der Waals surface area contributed by atoms with Crippen molar-refractivity contribution >= 4 is 6.41 Å². The Morgan fingerprint density at radius 2 is 2.10 bits per heavy atom. The zero-order valence-corrected chi connectivity index (χ0v) is 6.79. The molecule has 0 heterocycles. The number of hydrogen-bond acceptors (Lipinski definition) is 2. The summed E-state index contributed by atoms with van der Waals surface area (Å²) < 4.78 is 0. The number of carbonyl (C=O) groups excluding carboxylic acids is 1. The van der Waals surface area contributed by atoms with Crippen LogP contribution in [0.2, 0.25) is 0 Å². The maximum absolute atomic E-state index is 10.2. The van der Waals surface area contributed by atoms with E-state index in [0.29, 0.717) is 13.1 Å². The van der Waals surface area contributed by atoms with Gasteiger partial charge in [-0.1, -0.05) is 0 Å². The lowest BCUT2D eigenvalue weighted by Crippen LogP contribution is -2.37. The molecule has 0 spiro atoms. The lowest BCUT2D eigenvalue weighted by Gasteiger charge is -2.24. The maximum Gasteiger partial charge on any atom is 0.209 e. The molecule has 0 aliphatic rings. The topological polar surface area (TPSA) is 40.5 Å². The van der Waals surface area contributed by atoms with E-state index in [2.05, 4.69) is 0 Å². The third-order valence-electron chi connectivity index (χ3n) is 1.15. The van der Waals surface area contributed by atoms with Gasteiger partial charge in [-0.2, -0.15) is 0 Å². The summed E-state index contributed by atoms with van der Waals surface area (Å²) in [5.74, 6) is 0. The van der Waals surface area contributed by atoms with Gasteiger partial charge >= 0.3 is 0 Å². The Kier molecular flexibility index (Phi) is 3.36. The molecule has 0 radical (unpaired) electrons. The van der Waals surface area contributed by atoms with Crippen molar-refractivity contribution in [1.82, 2.24) is 4.90 Å². The van der Waals surface area contributed by atoms with Crippen LogP contribution in [-0.2, 0) is 4.79 Å². The normalized spacial score (nSPS) is 11.2. The van der Waals surface area contributed by atoms with E-state index in [0.717, 1.165) is 6.41 Å². The van der Waals surface area contributed by atoms with Crippen LogP contribution in [0.4, 0.5) is 0 Å². The highest BCUT2D eigenvalue weighted by molar-refractivity contribution is 5.46. The number of aliphatic hydroxyl groups is 1. The van der Waals surface area contributed by atoms with Gasteiger partial charge in [0.1, 0.15) is 0 Å². The fourth-order valence-corrected chi connectivity index (χ4v) is 0.721. The quantitative estimate of drug-likeness (QED) is 0.575. The Bertz CT molecular complexity index is 107. The first-order valence-electron chi connectivity index (χ1n) is 3.41. The standard InChI is InChI=1S/C7H15NO2/c1-4-8(6-9)5-7(2,3)10/h6,10H,4-5H2,1-3H3. The van der Waals surface area contributed by atoms with Gasteiger partial charge in [0.2, 0.25) is 6.41 Å². The minimum atomic E-state index is -0.781. The van der Waals surface area contributed by atoms with Gasteiger partial charge in [0.25, 0.3) is 0 Å². The molecule has 0 atom stereocenters. The van der Waals surface area contributed by atoms with Crippen molar-refractivity contribution in [3.05, 3.63) is 0 Å². The van der Waals surface area contributed by atoms with Crippen LogP contribution in [0, 0.1) is 0 Å². The second-order valence-corrected chi connectivity index (χ2v) is 2.98. The molecule has 0 saturated carbocycles. The van der Waals surface area contributed by atoms with Crippen LogP contribution in [0.25, 0.3) is 0 Å². The summed E-state index contributed by atoms with van der Waals surface area (Å²) in [6.07, 6.45) is 0.748. The largest absolute Gasteiger partial charge is 0.389 e. The Morgan fingerprint density at radius 1 is 1.60 bits per heavy atom. The second kappa shape index (κ2) is 3.56. The Balaban J connectivity index is 3.74. The summed E-state index contributed by atoms with van der Waals surface area (Å²) in [5, 5.41) is 9.25. The Hall–Kier alpha value is -0.570. The average molecular weight is 145 g/mol. The lowest BCUT2D eigenvalue weighted by atomic mass is 10.1. The molecular weight excluding hydrogens is 130 g/mol. The molecule has 0 fully saturated rings. The van der Waals surface area contributed by atoms with Gasteiger partial charge in [-0.25, -0.2) is 0 Å². The van der Waals surface area contributed by atoms with Crippen LogP contribution in [0.1, 0.15) is 20.8 Å². The van der Waals surface area contributed by atoms with Gasteiger partial charge in [0.05, 0.1) is 5.60 Å². The van der Waals surface area contributed by atoms with Crippen molar-refractivity contribution in [1.29, 1.82) is 0 Å². The van der Waals surface area contributed by atoms with Crippen molar-refractivity contribution in [2.45, 2.75) is 26.4 Å². The molecule has 0 rings (SSSR count). The first kappa shape index (κ1) is 9.43. The molecule has 3 nitrogen and oxygen atoms in total. The van der Waals surface area contributed by atoms with Crippen molar-refractivity contribution in [3.63, 3.8) is 0 Å². The van der Waals surface area contributed by atoms with Gasteiger partial charge in [-0.15, -0.1) is 0 Å². The molecule has 3 heteroatoms. The van der Waals surface area contributed by atoms with Crippen molar-refractivity contribution < 1.29 is 9.90 Å². The van der Waals surface area contributed by atoms with Crippen molar-refractivity contribution in [3.8, 4) is 0 Å². The number of amides is 1. The highest BCUT2D eigenvalue weighted by Crippen LogP contribution is 2.01. The molecule has 0 aromatic carbocycles. The molecule has 0 saturated heterocycles. The predicted molar refractivity (Wildman–Crippen MR) is 39.6 cm³/mol. The third kappa shape index (κ3) is 4.32. The van der Waals surface area contributed by atoms with Crippen molar-refractivity contribution in [2.75, 3.05) is 13.1 Å². The number of likely N-dealkylation sites (N-methyl/N-ethyl adjacent to an activating group) is 1. The number of rotatable bonds is 4. The van der Waals surface area contributed by atoms with Crippen LogP contribution >= 0.6 is 0 Å². The molecule has 10 heavy (non-hydrogen) atoms. The van der Waals surface area contributed by atoms with Gasteiger partial charge in [0.15, 0.2) is 0 Å². The van der Waals surface area contributed by atoms with Gasteiger partial charge in [-0.05, 0) is 20.8 Å². The van der Waals surface area contributed by atoms with E-state index in [1.165, 1.54) is 4.90 Å². The zero-order chi connectivity index (χ0) is 8.20. The molecular formula is C7H15NO2. The summed E-state index contributed by atoms with van der Waals surface area (Å²) in [5.41, 5.74) is -0.781. The summed E-state index contributed by atoms with van der Waals surface area (Å²) in [6.45, 7) is 6.28. The van der Waals surface area contributed by atoms with E-state index in [9.17, 15) is 9.90 Å². The third-order valence-corrected chi connectivity index (χ3v) is 1.15. The molecule has 1 N–H and O–H groups in total. The monoisotopic (exact) mass is 145 g/mol. The van der Waals surface area contributed by atoms with Crippen LogP contribution in [0.15, 0.2) is 0 Å². The predicted octanol–water partition coefficient (Wildman–Crippen LogP) is 0.236. The van der Waals surface area contributed by atoms with E-state index in [4.69, 9.17) is 0 Å². The minimum absolute atomic E-state index is 0.396. The molecule has 0 aromatic rings. The SMILES string of the molecule is CCN(C=O)CC(C)(C)O.